The fourth-order valence-electron chi connectivity index (χ4n) is 2.29. The molecule has 0 radical (unpaired) electrons. The Balaban J connectivity index is 1.99. The lowest BCUT2D eigenvalue weighted by atomic mass is 10.1. The van der Waals surface area contributed by atoms with Gasteiger partial charge in [0.15, 0.2) is 0 Å². The Kier molecular flexibility index (Phi) is 6.78. The van der Waals surface area contributed by atoms with Crippen molar-refractivity contribution < 1.29 is 14.3 Å². The van der Waals surface area contributed by atoms with Gasteiger partial charge in [0.1, 0.15) is 5.75 Å². The minimum Gasteiger partial charge on any atom is -0.494 e. The number of hydrogen-bond acceptors (Lipinski definition) is 3. The molecule has 0 saturated carbocycles. The summed E-state index contributed by atoms with van der Waals surface area (Å²) in [7, 11) is 1.70. The highest BCUT2D eigenvalue weighted by Crippen LogP contribution is 2.20. The topological polar surface area (TPSA) is 58.6 Å². The van der Waals surface area contributed by atoms with Crippen LogP contribution in [-0.4, -0.2) is 25.5 Å². The molecule has 138 valence electrons. The summed E-state index contributed by atoms with van der Waals surface area (Å²) >= 11 is 0. The van der Waals surface area contributed by atoms with Crippen molar-refractivity contribution in [1.29, 1.82) is 0 Å². The van der Waals surface area contributed by atoms with E-state index in [0.717, 1.165) is 17.9 Å². The predicted molar refractivity (Wildman–Crippen MR) is 105 cm³/mol. The zero-order valence-electron chi connectivity index (χ0n) is 15.8. The van der Waals surface area contributed by atoms with Gasteiger partial charge in [0.25, 0.3) is 5.91 Å². The maximum absolute atomic E-state index is 12.4. The smallest absolute Gasteiger partial charge is 0.255 e. The molecule has 5 nitrogen and oxygen atoms in total. The molecule has 1 N–H and O–H groups in total. The van der Waals surface area contributed by atoms with Crippen molar-refractivity contribution in [3.05, 3.63) is 54.1 Å². The molecule has 0 spiro atoms. The number of hydrogen-bond donors (Lipinski definition) is 1. The van der Waals surface area contributed by atoms with Crippen LogP contribution in [0.15, 0.2) is 48.5 Å². The van der Waals surface area contributed by atoms with Crippen LogP contribution in [0.3, 0.4) is 0 Å². The molecule has 2 amide bonds. The third-order valence-electron chi connectivity index (χ3n) is 4.04. The second-order valence-corrected chi connectivity index (χ2v) is 6.64. The Bertz CT molecular complexity index is 754. The van der Waals surface area contributed by atoms with Gasteiger partial charge in [-0.05, 0) is 54.8 Å². The molecule has 0 unspecified atom stereocenters. The van der Waals surface area contributed by atoms with Gasteiger partial charge in [0.05, 0.1) is 6.61 Å². The average molecular weight is 354 g/mol. The first kappa shape index (κ1) is 19.5. The van der Waals surface area contributed by atoms with Crippen molar-refractivity contribution >= 4 is 23.2 Å². The Morgan fingerprint density at radius 1 is 1.12 bits per heavy atom. The SMILES string of the molecule is CC(=O)N(C)c1cccc(NC(=O)c2ccc(OCCC(C)C)cc2)c1. The van der Waals surface area contributed by atoms with Crippen molar-refractivity contribution in [3.8, 4) is 5.75 Å². The van der Waals surface area contributed by atoms with E-state index in [9.17, 15) is 9.59 Å². The summed E-state index contributed by atoms with van der Waals surface area (Å²) in [5, 5.41) is 2.85. The predicted octanol–water partition coefficient (Wildman–Crippen LogP) is 4.35. The van der Waals surface area contributed by atoms with Crippen LogP contribution in [0.2, 0.25) is 0 Å². The molecule has 0 fully saturated rings. The number of anilines is 2. The number of carbonyl (C=O) groups is 2. The zero-order valence-corrected chi connectivity index (χ0v) is 15.8. The second-order valence-electron chi connectivity index (χ2n) is 6.64. The number of rotatable bonds is 7. The first-order valence-electron chi connectivity index (χ1n) is 8.75. The average Bonchev–Trinajstić information content (AvgIpc) is 2.61. The summed E-state index contributed by atoms with van der Waals surface area (Å²) in [6.07, 6.45) is 0.993. The molecule has 0 aliphatic rings. The lowest BCUT2D eigenvalue weighted by Crippen LogP contribution is -2.23. The van der Waals surface area contributed by atoms with E-state index in [1.165, 1.54) is 11.8 Å². The molecule has 2 aromatic rings. The van der Waals surface area contributed by atoms with E-state index in [1.54, 1.807) is 49.5 Å². The largest absolute Gasteiger partial charge is 0.494 e. The first-order chi connectivity index (χ1) is 12.4. The molecule has 0 aliphatic carbocycles. The lowest BCUT2D eigenvalue weighted by molar-refractivity contribution is -0.116. The molecule has 0 saturated heterocycles. The van der Waals surface area contributed by atoms with Gasteiger partial charge in [0, 0.05) is 30.9 Å². The summed E-state index contributed by atoms with van der Waals surface area (Å²) in [6, 6.07) is 14.3. The van der Waals surface area contributed by atoms with Crippen molar-refractivity contribution in [2.24, 2.45) is 5.92 Å². The second kappa shape index (κ2) is 9.04. The van der Waals surface area contributed by atoms with Crippen molar-refractivity contribution in [2.75, 3.05) is 23.9 Å². The summed E-state index contributed by atoms with van der Waals surface area (Å²) in [6.45, 7) is 6.47. The number of carbonyl (C=O) groups excluding carboxylic acids is 2. The highest BCUT2D eigenvalue weighted by Gasteiger charge is 2.09. The van der Waals surface area contributed by atoms with Gasteiger partial charge in [-0.1, -0.05) is 19.9 Å². The number of ether oxygens (including phenoxy) is 1. The number of amides is 2. The minimum absolute atomic E-state index is 0.0680. The fraction of sp³-hybridized carbons (Fsp3) is 0.333. The van der Waals surface area contributed by atoms with E-state index in [4.69, 9.17) is 4.74 Å². The Labute approximate surface area is 155 Å². The van der Waals surface area contributed by atoms with Gasteiger partial charge in [-0.3, -0.25) is 9.59 Å². The molecule has 26 heavy (non-hydrogen) atoms. The van der Waals surface area contributed by atoms with Gasteiger partial charge in [-0.25, -0.2) is 0 Å². The van der Waals surface area contributed by atoms with E-state index in [1.807, 2.05) is 6.07 Å². The van der Waals surface area contributed by atoms with E-state index in [2.05, 4.69) is 19.2 Å². The number of nitrogens with one attached hydrogen (secondary N) is 1. The molecular weight excluding hydrogens is 328 g/mol. The zero-order chi connectivity index (χ0) is 19.1. The van der Waals surface area contributed by atoms with Crippen LogP contribution in [0.1, 0.15) is 37.6 Å². The summed E-state index contributed by atoms with van der Waals surface area (Å²) in [5.74, 6) is 1.08. The van der Waals surface area contributed by atoms with Crippen LogP contribution in [0.4, 0.5) is 11.4 Å². The fourth-order valence-corrected chi connectivity index (χ4v) is 2.29. The van der Waals surface area contributed by atoms with Crippen LogP contribution in [-0.2, 0) is 4.79 Å². The molecule has 0 atom stereocenters. The Hall–Kier alpha value is -2.82. The minimum atomic E-state index is -0.207. The standard InChI is InChI=1S/C21H26N2O3/c1-15(2)12-13-26-20-10-8-17(9-11-20)21(25)22-18-6-5-7-19(14-18)23(4)16(3)24/h5-11,14-15H,12-13H2,1-4H3,(H,22,25). The third-order valence-corrected chi connectivity index (χ3v) is 4.04. The van der Waals surface area contributed by atoms with Gasteiger partial charge < -0.3 is 15.0 Å². The number of benzene rings is 2. The van der Waals surface area contributed by atoms with E-state index >= 15 is 0 Å². The highest BCUT2D eigenvalue weighted by molar-refractivity contribution is 6.04. The lowest BCUT2D eigenvalue weighted by Gasteiger charge is -2.16. The Morgan fingerprint density at radius 3 is 2.42 bits per heavy atom. The quantitative estimate of drug-likeness (QED) is 0.804. The molecule has 0 aromatic heterocycles. The van der Waals surface area contributed by atoms with Crippen molar-refractivity contribution in [2.45, 2.75) is 27.2 Å². The van der Waals surface area contributed by atoms with E-state index < -0.39 is 0 Å². The highest BCUT2D eigenvalue weighted by atomic mass is 16.5. The molecule has 2 aromatic carbocycles. The van der Waals surface area contributed by atoms with Crippen LogP contribution in [0, 0.1) is 5.92 Å². The summed E-state index contributed by atoms with van der Waals surface area (Å²) in [5.41, 5.74) is 1.91. The van der Waals surface area contributed by atoms with Crippen LogP contribution < -0.4 is 15.0 Å². The van der Waals surface area contributed by atoms with Gasteiger partial charge in [-0.2, -0.15) is 0 Å². The van der Waals surface area contributed by atoms with Gasteiger partial charge in [0.2, 0.25) is 5.91 Å². The van der Waals surface area contributed by atoms with Gasteiger partial charge >= 0.3 is 0 Å². The maximum atomic E-state index is 12.4. The van der Waals surface area contributed by atoms with Gasteiger partial charge in [-0.15, -0.1) is 0 Å². The van der Waals surface area contributed by atoms with Crippen LogP contribution in [0.25, 0.3) is 0 Å². The molecule has 0 bridgehead atoms. The normalized spacial score (nSPS) is 10.5. The van der Waals surface area contributed by atoms with Crippen molar-refractivity contribution in [3.63, 3.8) is 0 Å². The third kappa shape index (κ3) is 5.62. The molecule has 0 heterocycles. The summed E-state index contributed by atoms with van der Waals surface area (Å²) < 4.78 is 5.67. The molecule has 2 rings (SSSR count). The van der Waals surface area contributed by atoms with Crippen LogP contribution >= 0.6 is 0 Å². The van der Waals surface area contributed by atoms with E-state index in [-0.39, 0.29) is 11.8 Å². The molecular formula is C21H26N2O3. The Morgan fingerprint density at radius 2 is 1.81 bits per heavy atom. The first-order valence-corrected chi connectivity index (χ1v) is 8.75. The van der Waals surface area contributed by atoms with Crippen molar-refractivity contribution in [1.82, 2.24) is 0 Å². The molecule has 5 heteroatoms. The van der Waals surface area contributed by atoms with Crippen LogP contribution in [0.5, 0.6) is 5.75 Å². The number of nitrogens with zero attached hydrogens (tertiary/aromatic N) is 1. The summed E-state index contributed by atoms with van der Waals surface area (Å²) in [4.78, 5) is 25.4. The maximum Gasteiger partial charge on any atom is 0.255 e. The van der Waals surface area contributed by atoms with E-state index in [0.29, 0.717) is 23.8 Å². The monoisotopic (exact) mass is 354 g/mol. The molecule has 0 aliphatic heterocycles.